The zero-order chi connectivity index (χ0) is 29.7. The maximum Gasteiger partial charge on any atom is 0.351 e. The molecule has 1 saturated heterocycles. The number of amides is 1. The van der Waals surface area contributed by atoms with Crippen LogP contribution in [0.5, 0.6) is 0 Å². The smallest absolute Gasteiger partial charge is 0.351 e. The van der Waals surface area contributed by atoms with Crippen LogP contribution in [0.1, 0.15) is 72.0 Å². The van der Waals surface area contributed by atoms with Crippen LogP contribution in [0.3, 0.4) is 0 Å². The summed E-state index contributed by atoms with van der Waals surface area (Å²) in [5.41, 5.74) is 0.499. The van der Waals surface area contributed by atoms with Crippen molar-refractivity contribution in [1.29, 1.82) is 0 Å². The Labute approximate surface area is 239 Å². The van der Waals surface area contributed by atoms with Gasteiger partial charge in [0.1, 0.15) is 11.9 Å². The van der Waals surface area contributed by atoms with Gasteiger partial charge in [-0.25, -0.2) is 4.79 Å². The quantitative estimate of drug-likeness (QED) is 0.372. The van der Waals surface area contributed by atoms with Crippen molar-refractivity contribution in [3.8, 4) is 0 Å². The Hall–Kier alpha value is -2.20. The van der Waals surface area contributed by atoms with Gasteiger partial charge in [-0.05, 0) is 40.4 Å². The molecule has 40 heavy (non-hydrogen) atoms. The fourth-order valence-electron chi connectivity index (χ4n) is 5.25. The molecule has 2 N–H and O–H groups in total. The molecule has 0 aliphatic carbocycles. The highest BCUT2D eigenvalue weighted by Crippen LogP contribution is 2.45. The number of nitrogens with one attached hydrogen (secondary N) is 1. The van der Waals surface area contributed by atoms with Crippen LogP contribution in [0.2, 0.25) is 22.2 Å². The Morgan fingerprint density at radius 2 is 1.50 bits per heavy atom. The summed E-state index contributed by atoms with van der Waals surface area (Å²) in [7, 11) is -5.50. The average molecular weight is 592 g/mol. The molecule has 1 amide bonds. The van der Waals surface area contributed by atoms with Gasteiger partial charge in [-0.15, -0.1) is 0 Å². The molecule has 1 aliphatic heterocycles. The number of aliphatic hydroxyl groups excluding tert-OH is 1. The van der Waals surface area contributed by atoms with Gasteiger partial charge in [0.15, 0.2) is 6.23 Å². The van der Waals surface area contributed by atoms with Crippen LogP contribution in [0.4, 0.5) is 5.82 Å². The fourth-order valence-corrected chi connectivity index (χ4v) is 16.4. The Balaban J connectivity index is 1.84. The average Bonchev–Trinajstić information content (AvgIpc) is 2.89. The molecule has 0 radical (unpaired) electrons. The molecular formula is C28H45N3O7Si2. The number of ether oxygens (including phenoxy) is 1. The lowest BCUT2D eigenvalue weighted by Crippen LogP contribution is -2.64. The number of carbonyl (C=O) groups is 1. The van der Waals surface area contributed by atoms with Crippen LogP contribution in [0, 0.1) is 0 Å². The monoisotopic (exact) mass is 591 g/mol. The van der Waals surface area contributed by atoms with Crippen LogP contribution >= 0.6 is 0 Å². The van der Waals surface area contributed by atoms with E-state index in [1.165, 1.54) is 16.8 Å². The minimum atomic E-state index is -2.75. The van der Waals surface area contributed by atoms with Crippen molar-refractivity contribution in [2.45, 2.75) is 89.9 Å². The van der Waals surface area contributed by atoms with Gasteiger partial charge in [0.2, 0.25) is 0 Å². The van der Waals surface area contributed by atoms with Gasteiger partial charge in [-0.1, -0.05) is 73.6 Å². The van der Waals surface area contributed by atoms with E-state index in [4.69, 9.17) is 17.7 Å². The first-order valence-electron chi connectivity index (χ1n) is 14.1. The summed E-state index contributed by atoms with van der Waals surface area (Å²) in [4.78, 5) is 29.4. The molecule has 0 saturated carbocycles. The van der Waals surface area contributed by atoms with E-state index in [1.54, 1.807) is 24.3 Å². The number of anilines is 1. The molecule has 1 aliphatic rings. The zero-order valence-electron chi connectivity index (χ0n) is 24.9. The number of nitrogens with zero attached hydrogens (tertiary/aromatic N) is 2. The Morgan fingerprint density at radius 1 is 0.975 bits per heavy atom. The predicted molar refractivity (Wildman–Crippen MR) is 159 cm³/mol. The van der Waals surface area contributed by atoms with E-state index >= 15 is 0 Å². The van der Waals surface area contributed by atoms with E-state index in [0.717, 1.165) is 0 Å². The minimum absolute atomic E-state index is 0.107. The highest BCUT2D eigenvalue weighted by Gasteiger charge is 2.57. The van der Waals surface area contributed by atoms with Crippen LogP contribution in [0.15, 0.2) is 47.4 Å². The lowest BCUT2D eigenvalue weighted by atomic mass is 10.2. The van der Waals surface area contributed by atoms with Crippen LogP contribution in [0.25, 0.3) is 0 Å². The summed E-state index contributed by atoms with van der Waals surface area (Å²) in [5.74, 6) is -0.270. The van der Waals surface area contributed by atoms with Gasteiger partial charge < -0.3 is 28.1 Å². The molecule has 1 aromatic heterocycles. The number of aromatic nitrogens is 2. The van der Waals surface area contributed by atoms with Gasteiger partial charge in [0, 0.05) is 11.8 Å². The molecule has 1 atom stereocenters. The van der Waals surface area contributed by atoms with Gasteiger partial charge >= 0.3 is 22.8 Å². The highest BCUT2D eigenvalue weighted by molar-refractivity contribution is 6.83. The molecule has 1 fully saturated rings. The first kappa shape index (κ1) is 32.3. The van der Waals surface area contributed by atoms with E-state index in [1.807, 2.05) is 6.07 Å². The normalized spacial score (nSPS) is 18.6. The summed E-state index contributed by atoms with van der Waals surface area (Å²) < 4.78 is 28.0. The second-order valence-electron chi connectivity index (χ2n) is 11.5. The van der Waals surface area contributed by atoms with Crippen molar-refractivity contribution in [3.63, 3.8) is 0 Å². The van der Waals surface area contributed by atoms with E-state index in [2.05, 4.69) is 65.7 Å². The number of carbonyl (C=O) groups excluding carboxylic acids is 1. The third kappa shape index (κ3) is 6.98. The zero-order valence-corrected chi connectivity index (χ0v) is 26.9. The summed E-state index contributed by atoms with van der Waals surface area (Å²) in [5, 5.41) is 12.8. The second-order valence-corrected chi connectivity index (χ2v) is 20.4. The van der Waals surface area contributed by atoms with Crippen molar-refractivity contribution in [1.82, 2.24) is 9.55 Å². The number of hydrogen-bond donors (Lipinski definition) is 2. The lowest BCUT2D eigenvalue weighted by Gasteiger charge is -2.50. The SMILES string of the molecule is CC(C)[Si]1(C(C)C)OCC(OC(CO)n2ccc(NC(=O)c3ccccc3)nc2=O)CO[Si](C(C)C)(C(C)C)O1. The largest absolute Gasteiger partial charge is 0.414 e. The first-order chi connectivity index (χ1) is 18.9. The lowest BCUT2D eigenvalue weighted by molar-refractivity contribution is -0.118. The number of rotatable bonds is 10. The standard InChI is InChI=1S/C28H45N3O7Si2/c1-19(2)39(20(3)4)35-17-24(18-36-40(38-39,21(5)6)22(7)8)37-26(16-32)31-15-14-25(30-28(31)34)29-27(33)23-12-10-9-11-13-23/h9-15,19-22,24,26,32H,16-18H2,1-8H3,(H,29,30,33,34). The fraction of sp³-hybridized carbons (Fsp3) is 0.607. The van der Waals surface area contributed by atoms with Crippen molar-refractivity contribution < 1.29 is 27.6 Å². The maximum atomic E-state index is 12.9. The number of hydrogen-bond acceptors (Lipinski definition) is 8. The molecule has 2 heterocycles. The van der Waals surface area contributed by atoms with Crippen LogP contribution < -0.4 is 11.0 Å². The highest BCUT2D eigenvalue weighted by atomic mass is 28.5. The Bertz CT molecular complexity index is 1130. The first-order valence-corrected chi connectivity index (χ1v) is 18.0. The van der Waals surface area contributed by atoms with Gasteiger partial charge in [-0.3, -0.25) is 9.36 Å². The molecule has 1 unspecified atom stereocenters. The van der Waals surface area contributed by atoms with E-state index in [9.17, 15) is 14.7 Å². The topological polar surface area (TPSA) is 121 Å². The number of benzene rings is 1. The van der Waals surface area contributed by atoms with Crippen LogP contribution in [-0.2, 0) is 17.7 Å². The Kier molecular flexibility index (Phi) is 11.0. The van der Waals surface area contributed by atoms with E-state index in [-0.39, 0.29) is 47.1 Å². The van der Waals surface area contributed by atoms with E-state index < -0.39 is 41.8 Å². The summed E-state index contributed by atoms with van der Waals surface area (Å²) in [6.07, 6.45) is -0.105. The summed E-state index contributed by atoms with van der Waals surface area (Å²) >= 11 is 0. The van der Waals surface area contributed by atoms with Gasteiger partial charge in [0.25, 0.3) is 5.91 Å². The molecule has 10 nitrogen and oxygen atoms in total. The summed E-state index contributed by atoms with van der Waals surface area (Å²) in [6, 6.07) is 10.2. The third-order valence-corrected chi connectivity index (χ3v) is 17.7. The van der Waals surface area contributed by atoms with Gasteiger partial charge in [-0.2, -0.15) is 4.98 Å². The second kappa shape index (κ2) is 13.6. The summed E-state index contributed by atoms with van der Waals surface area (Å²) in [6.45, 7) is 17.1. The maximum absolute atomic E-state index is 12.9. The minimum Gasteiger partial charge on any atom is -0.414 e. The predicted octanol–water partition coefficient (Wildman–Crippen LogP) is 4.96. The van der Waals surface area contributed by atoms with Crippen molar-refractivity contribution in [2.24, 2.45) is 0 Å². The molecule has 222 valence electrons. The molecule has 12 heteroatoms. The van der Waals surface area contributed by atoms with Crippen molar-refractivity contribution in [2.75, 3.05) is 25.1 Å². The third-order valence-electron chi connectivity index (χ3n) is 7.45. The Morgan fingerprint density at radius 3 is 1.95 bits per heavy atom. The molecular weight excluding hydrogens is 546 g/mol. The number of aliphatic hydroxyl groups is 1. The van der Waals surface area contributed by atoms with Crippen molar-refractivity contribution in [3.05, 3.63) is 58.6 Å². The van der Waals surface area contributed by atoms with Crippen molar-refractivity contribution >= 4 is 28.8 Å². The van der Waals surface area contributed by atoms with Crippen LogP contribution in [-0.4, -0.2) is 63.6 Å². The van der Waals surface area contributed by atoms with E-state index in [0.29, 0.717) is 5.56 Å². The molecule has 1 aromatic carbocycles. The molecule has 0 spiro atoms. The molecule has 2 aromatic rings. The molecule has 3 rings (SSSR count). The molecule has 0 bridgehead atoms. The van der Waals surface area contributed by atoms with Gasteiger partial charge in [0.05, 0.1) is 19.8 Å².